The van der Waals surface area contributed by atoms with Gasteiger partial charge in [-0.05, 0) is 86.0 Å². The zero-order chi connectivity index (χ0) is 31.6. The molecule has 0 aliphatic rings. The molecule has 6 aromatic rings. The molecule has 0 spiro atoms. The smallest absolute Gasteiger partial charge is 0.146 e. The second kappa shape index (κ2) is 10.8. The Labute approximate surface area is 263 Å². The maximum absolute atomic E-state index is 5.30. The molecular weight excluding hydrogens is 534 g/mol. The summed E-state index contributed by atoms with van der Waals surface area (Å²) in [6.45, 7) is 22.7. The van der Waals surface area contributed by atoms with Crippen LogP contribution in [0.3, 0.4) is 0 Å². The molecular formula is C41H47N3. The number of rotatable bonds is 5. The Morgan fingerprint density at radius 1 is 0.614 bits per heavy atom. The van der Waals surface area contributed by atoms with Gasteiger partial charge in [0, 0.05) is 28.0 Å². The molecule has 0 aliphatic carbocycles. The molecule has 0 atom stereocenters. The van der Waals surface area contributed by atoms with Gasteiger partial charge in [0.05, 0.1) is 5.69 Å². The van der Waals surface area contributed by atoms with E-state index in [1.165, 1.54) is 55.2 Å². The summed E-state index contributed by atoms with van der Waals surface area (Å²) in [6.07, 6.45) is 2.19. The molecule has 0 aliphatic heterocycles. The highest BCUT2D eigenvalue weighted by molar-refractivity contribution is 6.08. The van der Waals surface area contributed by atoms with E-state index in [0.29, 0.717) is 11.8 Å². The molecule has 0 bridgehead atoms. The average Bonchev–Trinajstić information content (AvgIpc) is 3.37. The van der Waals surface area contributed by atoms with E-state index < -0.39 is 0 Å². The van der Waals surface area contributed by atoms with Crippen LogP contribution in [0.4, 0.5) is 11.5 Å². The van der Waals surface area contributed by atoms with Crippen LogP contribution in [-0.2, 0) is 10.8 Å². The third kappa shape index (κ3) is 5.38. The summed E-state index contributed by atoms with van der Waals surface area (Å²) in [5, 5.41) is 9.88. The van der Waals surface area contributed by atoms with E-state index in [1.807, 2.05) is 0 Å². The van der Waals surface area contributed by atoms with Gasteiger partial charge in [0.25, 0.3) is 0 Å². The SMILES string of the molecule is CC(C)c1cccc(C(C)C)c1Nc1ccc2ccn(-c3c4ccc(C(C)(C)C)cc4cc4ccc(C(C)(C)C)cc34)c2n1. The molecule has 1 N–H and O–H groups in total. The van der Waals surface area contributed by atoms with Crippen molar-refractivity contribution >= 4 is 44.1 Å². The minimum Gasteiger partial charge on any atom is -0.340 e. The number of fused-ring (bicyclic) bond motifs is 3. The molecule has 226 valence electrons. The first-order valence-electron chi connectivity index (χ1n) is 16.1. The summed E-state index contributed by atoms with van der Waals surface area (Å²) in [5.74, 6) is 1.67. The molecule has 0 fully saturated rings. The van der Waals surface area contributed by atoms with Crippen molar-refractivity contribution in [3.63, 3.8) is 0 Å². The number of hydrogen-bond acceptors (Lipinski definition) is 2. The number of anilines is 2. The molecule has 0 saturated heterocycles. The molecule has 2 aromatic heterocycles. The monoisotopic (exact) mass is 581 g/mol. The van der Waals surface area contributed by atoms with Crippen LogP contribution in [0.5, 0.6) is 0 Å². The highest BCUT2D eigenvalue weighted by Gasteiger charge is 2.21. The zero-order valence-corrected chi connectivity index (χ0v) is 28.1. The molecule has 44 heavy (non-hydrogen) atoms. The van der Waals surface area contributed by atoms with Gasteiger partial charge in [-0.25, -0.2) is 4.98 Å². The van der Waals surface area contributed by atoms with E-state index in [2.05, 4.69) is 164 Å². The fourth-order valence-corrected chi connectivity index (χ4v) is 6.37. The minimum absolute atomic E-state index is 0.0442. The third-order valence-electron chi connectivity index (χ3n) is 9.06. The van der Waals surface area contributed by atoms with Crippen molar-refractivity contribution in [2.24, 2.45) is 0 Å². The van der Waals surface area contributed by atoms with Gasteiger partial charge >= 0.3 is 0 Å². The van der Waals surface area contributed by atoms with Crippen LogP contribution in [0.25, 0.3) is 38.3 Å². The Hall–Kier alpha value is -4.11. The van der Waals surface area contributed by atoms with Crippen molar-refractivity contribution in [3.05, 3.63) is 107 Å². The average molecular weight is 582 g/mol. The summed E-state index contributed by atoms with van der Waals surface area (Å²) in [5.41, 5.74) is 8.75. The van der Waals surface area contributed by atoms with Gasteiger partial charge in [-0.15, -0.1) is 0 Å². The quantitative estimate of drug-likeness (QED) is 0.205. The first kappa shape index (κ1) is 29.9. The van der Waals surface area contributed by atoms with Crippen molar-refractivity contribution in [2.45, 2.75) is 91.9 Å². The lowest BCUT2D eigenvalue weighted by Gasteiger charge is -2.23. The van der Waals surface area contributed by atoms with Crippen LogP contribution in [0.1, 0.15) is 103 Å². The lowest BCUT2D eigenvalue weighted by molar-refractivity contribution is 0.590. The highest BCUT2D eigenvalue weighted by Crippen LogP contribution is 2.39. The van der Waals surface area contributed by atoms with Gasteiger partial charge in [-0.2, -0.15) is 0 Å². The largest absolute Gasteiger partial charge is 0.340 e. The Morgan fingerprint density at radius 3 is 1.86 bits per heavy atom. The van der Waals surface area contributed by atoms with Crippen molar-refractivity contribution in [3.8, 4) is 5.69 Å². The number of nitrogens with zero attached hydrogens (tertiary/aromatic N) is 2. The predicted octanol–water partition coefficient (Wildman–Crippen LogP) is 11.9. The number of aromatic nitrogens is 2. The summed E-state index contributed by atoms with van der Waals surface area (Å²) in [6, 6.07) is 29.5. The maximum Gasteiger partial charge on any atom is 0.146 e. The second-order valence-corrected chi connectivity index (χ2v) is 15.1. The van der Waals surface area contributed by atoms with E-state index in [0.717, 1.165) is 16.9 Å². The minimum atomic E-state index is 0.0442. The van der Waals surface area contributed by atoms with Crippen LogP contribution in [-0.4, -0.2) is 9.55 Å². The van der Waals surface area contributed by atoms with E-state index in [-0.39, 0.29) is 10.8 Å². The maximum atomic E-state index is 5.30. The first-order chi connectivity index (χ1) is 20.7. The van der Waals surface area contributed by atoms with Gasteiger partial charge in [-0.3, -0.25) is 0 Å². The Bertz CT molecular complexity index is 1980. The standard InChI is InChI=1S/C41H47N3/c1-25(2)32-12-11-13-33(26(3)4)37(32)42-36-19-15-27-20-21-44(39(27)43-36)38-34-18-17-30(40(5,6)7)23-29(34)22-28-14-16-31(24-35(28)38)41(8,9)10/h11-26H,1-10H3,(H,42,43). The third-order valence-corrected chi connectivity index (χ3v) is 9.06. The van der Waals surface area contributed by atoms with Crippen LogP contribution in [0, 0.1) is 0 Å². The number of pyridine rings is 1. The molecule has 4 aromatic carbocycles. The molecule has 0 radical (unpaired) electrons. The molecule has 2 heterocycles. The molecule has 0 unspecified atom stereocenters. The molecule has 0 saturated carbocycles. The lowest BCUT2D eigenvalue weighted by Crippen LogP contribution is -2.11. The first-order valence-corrected chi connectivity index (χ1v) is 16.1. The van der Waals surface area contributed by atoms with Crippen molar-refractivity contribution in [2.75, 3.05) is 5.32 Å². The molecule has 6 rings (SSSR count). The highest BCUT2D eigenvalue weighted by atomic mass is 15.1. The van der Waals surface area contributed by atoms with Crippen LogP contribution >= 0.6 is 0 Å². The van der Waals surface area contributed by atoms with Crippen LogP contribution in [0.2, 0.25) is 0 Å². The molecule has 0 amide bonds. The Morgan fingerprint density at radius 2 is 1.23 bits per heavy atom. The van der Waals surface area contributed by atoms with Crippen molar-refractivity contribution in [1.82, 2.24) is 9.55 Å². The van der Waals surface area contributed by atoms with E-state index in [9.17, 15) is 0 Å². The van der Waals surface area contributed by atoms with Gasteiger partial charge in [0.1, 0.15) is 11.5 Å². The Balaban J connectivity index is 1.61. The fourth-order valence-electron chi connectivity index (χ4n) is 6.37. The van der Waals surface area contributed by atoms with Crippen molar-refractivity contribution in [1.29, 1.82) is 0 Å². The van der Waals surface area contributed by atoms with Gasteiger partial charge in [0.15, 0.2) is 0 Å². The van der Waals surface area contributed by atoms with E-state index in [1.54, 1.807) is 0 Å². The van der Waals surface area contributed by atoms with Crippen LogP contribution < -0.4 is 5.32 Å². The molecule has 3 nitrogen and oxygen atoms in total. The van der Waals surface area contributed by atoms with E-state index >= 15 is 0 Å². The predicted molar refractivity (Wildman–Crippen MR) is 191 cm³/mol. The molecule has 3 heteroatoms. The number of hydrogen-bond donors (Lipinski definition) is 1. The summed E-state index contributed by atoms with van der Waals surface area (Å²) in [4.78, 5) is 5.30. The topological polar surface area (TPSA) is 29.9 Å². The van der Waals surface area contributed by atoms with Gasteiger partial charge < -0.3 is 9.88 Å². The summed E-state index contributed by atoms with van der Waals surface area (Å²) in [7, 11) is 0. The summed E-state index contributed by atoms with van der Waals surface area (Å²) < 4.78 is 2.31. The number of para-hydroxylation sites is 1. The zero-order valence-electron chi connectivity index (χ0n) is 28.1. The number of benzene rings is 4. The van der Waals surface area contributed by atoms with Crippen LogP contribution in [0.15, 0.2) is 85.1 Å². The fraction of sp³-hybridized carbons (Fsp3) is 0.341. The van der Waals surface area contributed by atoms with Crippen molar-refractivity contribution < 1.29 is 0 Å². The normalized spacial score (nSPS) is 12.7. The van der Waals surface area contributed by atoms with E-state index in [4.69, 9.17) is 4.98 Å². The Kier molecular flexibility index (Phi) is 7.35. The van der Waals surface area contributed by atoms with Gasteiger partial charge in [0.2, 0.25) is 0 Å². The van der Waals surface area contributed by atoms with Gasteiger partial charge in [-0.1, -0.05) is 118 Å². The lowest BCUT2D eigenvalue weighted by atomic mass is 9.83. The summed E-state index contributed by atoms with van der Waals surface area (Å²) >= 11 is 0. The number of nitrogens with one attached hydrogen (secondary N) is 1. The second-order valence-electron chi connectivity index (χ2n) is 15.1.